The van der Waals surface area contributed by atoms with Gasteiger partial charge in [-0.3, -0.25) is 9.69 Å². The van der Waals surface area contributed by atoms with Crippen molar-refractivity contribution in [3.63, 3.8) is 0 Å². The van der Waals surface area contributed by atoms with Crippen LogP contribution in [-0.4, -0.2) is 62.9 Å². The minimum atomic E-state index is -0.143. The van der Waals surface area contributed by atoms with Crippen LogP contribution in [0, 0.1) is 0 Å². The van der Waals surface area contributed by atoms with Gasteiger partial charge in [-0.25, -0.2) is 0 Å². The van der Waals surface area contributed by atoms with Gasteiger partial charge in [0.15, 0.2) is 0 Å². The number of hydrogen-bond donors (Lipinski definition) is 1. The molecule has 0 bridgehead atoms. The first-order chi connectivity index (χ1) is 8.29. The van der Waals surface area contributed by atoms with Crippen molar-refractivity contribution in [2.24, 2.45) is 0 Å². The number of morpholine rings is 1. The Morgan fingerprint density at radius 1 is 1.47 bits per heavy atom. The number of carbonyl (C=O) groups is 1. The predicted molar refractivity (Wildman–Crippen MR) is 63.8 cm³/mol. The first kappa shape index (κ1) is 12.8. The average Bonchev–Trinajstić information content (AvgIpc) is 3.18. The molecular weight excluding hydrogens is 220 g/mol. The lowest BCUT2D eigenvalue weighted by Crippen LogP contribution is -2.44. The number of carbonyl (C=O) groups excluding carboxylic acids is 1. The van der Waals surface area contributed by atoms with E-state index in [0.717, 1.165) is 39.3 Å². The van der Waals surface area contributed by atoms with Crippen LogP contribution in [0.2, 0.25) is 0 Å². The topological polar surface area (TPSA) is 50.8 Å². The fourth-order valence-corrected chi connectivity index (χ4v) is 2.08. The van der Waals surface area contributed by atoms with E-state index < -0.39 is 0 Å². The molecule has 1 saturated carbocycles. The molecule has 1 aliphatic carbocycles. The second-order valence-electron chi connectivity index (χ2n) is 4.76. The largest absolute Gasteiger partial charge is 0.468 e. The van der Waals surface area contributed by atoms with Gasteiger partial charge in [0.2, 0.25) is 0 Å². The molecule has 0 amide bonds. The highest BCUT2D eigenvalue weighted by Crippen LogP contribution is 2.20. The lowest BCUT2D eigenvalue weighted by atomic mass is 10.2. The molecule has 0 radical (unpaired) electrons. The smallest absolute Gasteiger partial charge is 0.322 e. The number of methoxy groups -OCH3 is 1. The Bertz CT molecular complexity index is 250. The van der Waals surface area contributed by atoms with Crippen LogP contribution >= 0.6 is 0 Å². The van der Waals surface area contributed by atoms with Crippen LogP contribution in [0.25, 0.3) is 0 Å². The van der Waals surface area contributed by atoms with Crippen LogP contribution in [0.1, 0.15) is 19.3 Å². The second-order valence-corrected chi connectivity index (χ2v) is 4.76. The summed E-state index contributed by atoms with van der Waals surface area (Å²) in [5.74, 6) is -0.134. The van der Waals surface area contributed by atoms with Crippen LogP contribution in [0.4, 0.5) is 0 Å². The van der Waals surface area contributed by atoms with Crippen molar-refractivity contribution in [1.82, 2.24) is 10.2 Å². The Hall–Kier alpha value is -0.650. The zero-order valence-electron chi connectivity index (χ0n) is 10.5. The summed E-state index contributed by atoms with van der Waals surface area (Å²) in [5.41, 5.74) is 0. The first-order valence-corrected chi connectivity index (χ1v) is 6.43. The summed E-state index contributed by atoms with van der Waals surface area (Å²) < 4.78 is 10.1. The Labute approximate surface area is 102 Å². The maximum atomic E-state index is 11.6. The van der Waals surface area contributed by atoms with E-state index in [-0.39, 0.29) is 12.0 Å². The molecule has 1 heterocycles. The second kappa shape index (κ2) is 6.33. The molecule has 0 aromatic rings. The van der Waals surface area contributed by atoms with Gasteiger partial charge >= 0.3 is 5.97 Å². The number of ether oxygens (including phenoxy) is 2. The maximum Gasteiger partial charge on any atom is 0.322 e. The predicted octanol–water partition coefficient (Wildman–Crippen LogP) is 0.00230. The summed E-state index contributed by atoms with van der Waals surface area (Å²) >= 11 is 0. The molecule has 0 aromatic heterocycles. The average molecular weight is 242 g/mol. The van der Waals surface area contributed by atoms with E-state index in [1.165, 1.54) is 20.0 Å². The van der Waals surface area contributed by atoms with Crippen LogP contribution in [-0.2, 0) is 14.3 Å². The Morgan fingerprint density at radius 3 is 2.76 bits per heavy atom. The van der Waals surface area contributed by atoms with Gasteiger partial charge in [-0.2, -0.15) is 0 Å². The third kappa shape index (κ3) is 4.26. The minimum Gasteiger partial charge on any atom is -0.468 e. The quantitative estimate of drug-likeness (QED) is 0.665. The summed E-state index contributed by atoms with van der Waals surface area (Å²) in [5, 5.41) is 3.35. The number of rotatable bonds is 6. The molecule has 1 saturated heterocycles. The van der Waals surface area contributed by atoms with Gasteiger partial charge < -0.3 is 14.8 Å². The van der Waals surface area contributed by atoms with Gasteiger partial charge in [0.05, 0.1) is 20.3 Å². The molecule has 1 unspecified atom stereocenters. The van der Waals surface area contributed by atoms with E-state index >= 15 is 0 Å². The van der Waals surface area contributed by atoms with E-state index in [2.05, 4.69) is 10.2 Å². The highest BCUT2D eigenvalue weighted by molar-refractivity contribution is 5.75. The highest BCUT2D eigenvalue weighted by atomic mass is 16.5. The molecule has 2 rings (SSSR count). The molecule has 5 nitrogen and oxygen atoms in total. The SMILES string of the molecule is COC(=O)C(CCN1CCOCC1)NC1CC1. The van der Waals surface area contributed by atoms with Crippen LogP contribution in [0.5, 0.6) is 0 Å². The van der Waals surface area contributed by atoms with E-state index in [1.54, 1.807) is 0 Å². The molecule has 5 heteroatoms. The summed E-state index contributed by atoms with van der Waals surface area (Å²) in [7, 11) is 1.46. The maximum absolute atomic E-state index is 11.6. The monoisotopic (exact) mass is 242 g/mol. The van der Waals surface area contributed by atoms with E-state index in [0.29, 0.717) is 6.04 Å². The van der Waals surface area contributed by atoms with Gasteiger partial charge in [0, 0.05) is 25.7 Å². The van der Waals surface area contributed by atoms with Crippen molar-refractivity contribution >= 4 is 5.97 Å². The molecule has 17 heavy (non-hydrogen) atoms. The first-order valence-electron chi connectivity index (χ1n) is 6.43. The highest BCUT2D eigenvalue weighted by Gasteiger charge is 2.29. The number of hydrogen-bond acceptors (Lipinski definition) is 5. The van der Waals surface area contributed by atoms with Crippen molar-refractivity contribution in [3.8, 4) is 0 Å². The molecule has 98 valence electrons. The summed E-state index contributed by atoms with van der Waals surface area (Å²) in [6.07, 6.45) is 3.19. The Balaban J connectivity index is 1.72. The summed E-state index contributed by atoms with van der Waals surface area (Å²) in [4.78, 5) is 14.0. The lowest BCUT2D eigenvalue weighted by molar-refractivity contribution is -0.143. The molecule has 0 spiro atoms. The van der Waals surface area contributed by atoms with Gasteiger partial charge in [-0.1, -0.05) is 0 Å². The Kier molecular flexibility index (Phi) is 4.76. The lowest BCUT2D eigenvalue weighted by Gasteiger charge is -2.28. The van der Waals surface area contributed by atoms with Crippen molar-refractivity contribution in [1.29, 1.82) is 0 Å². The Morgan fingerprint density at radius 2 is 2.18 bits per heavy atom. The number of nitrogens with zero attached hydrogens (tertiary/aromatic N) is 1. The van der Waals surface area contributed by atoms with Crippen LogP contribution < -0.4 is 5.32 Å². The molecule has 0 aromatic carbocycles. The third-order valence-electron chi connectivity index (χ3n) is 3.34. The fourth-order valence-electron chi connectivity index (χ4n) is 2.08. The number of esters is 1. The van der Waals surface area contributed by atoms with Crippen molar-refractivity contribution in [3.05, 3.63) is 0 Å². The molecule has 2 aliphatic rings. The van der Waals surface area contributed by atoms with E-state index in [9.17, 15) is 4.79 Å². The van der Waals surface area contributed by atoms with Gasteiger partial charge in [0.1, 0.15) is 6.04 Å². The standard InChI is InChI=1S/C12H22N2O3/c1-16-12(15)11(13-10-2-3-10)4-5-14-6-8-17-9-7-14/h10-11,13H,2-9H2,1H3. The normalized spacial score (nSPS) is 23.4. The van der Waals surface area contributed by atoms with E-state index in [1.807, 2.05) is 0 Å². The third-order valence-corrected chi connectivity index (χ3v) is 3.34. The molecule has 1 aliphatic heterocycles. The zero-order valence-corrected chi connectivity index (χ0v) is 10.5. The number of nitrogens with one attached hydrogen (secondary N) is 1. The van der Waals surface area contributed by atoms with Crippen LogP contribution in [0.15, 0.2) is 0 Å². The summed E-state index contributed by atoms with van der Waals surface area (Å²) in [6, 6.07) is 0.388. The molecule has 1 N–H and O–H groups in total. The molecule has 2 fully saturated rings. The van der Waals surface area contributed by atoms with Gasteiger partial charge in [-0.15, -0.1) is 0 Å². The fraction of sp³-hybridized carbons (Fsp3) is 0.917. The van der Waals surface area contributed by atoms with Crippen LogP contribution in [0.3, 0.4) is 0 Å². The zero-order chi connectivity index (χ0) is 12.1. The molecule has 1 atom stereocenters. The van der Waals surface area contributed by atoms with Crippen molar-refractivity contribution in [2.45, 2.75) is 31.3 Å². The van der Waals surface area contributed by atoms with Gasteiger partial charge in [-0.05, 0) is 19.3 Å². The van der Waals surface area contributed by atoms with Crippen molar-refractivity contribution in [2.75, 3.05) is 40.0 Å². The summed E-state index contributed by atoms with van der Waals surface area (Å²) in [6.45, 7) is 4.48. The van der Waals surface area contributed by atoms with E-state index in [4.69, 9.17) is 9.47 Å². The van der Waals surface area contributed by atoms with Crippen molar-refractivity contribution < 1.29 is 14.3 Å². The minimum absolute atomic E-state index is 0.134. The molecular formula is C12H22N2O3. The van der Waals surface area contributed by atoms with Gasteiger partial charge in [0.25, 0.3) is 0 Å².